The maximum absolute atomic E-state index is 10.3. The number of aromatic nitrogens is 1. The summed E-state index contributed by atoms with van der Waals surface area (Å²) in [4.78, 5) is 4.93. The highest BCUT2D eigenvalue weighted by Gasteiger charge is 2.35. The smallest absolute Gasteiger partial charge is 0.329 e. The predicted octanol–water partition coefficient (Wildman–Crippen LogP) is 4.08. The summed E-state index contributed by atoms with van der Waals surface area (Å²) in [5.41, 5.74) is 0.244. The third kappa shape index (κ3) is 3.20. The summed E-state index contributed by atoms with van der Waals surface area (Å²) in [7, 11) is 0.355. The maximum Gasteiger partial charge on any atom is 0.329 e. The van der Waals surface area contributed by atoms with E-state index in [-0.39, 0.29) is 0 Å². The Kier molecular flexibility index (Phi) is 4.21. The zero-order valence-corrected chi connectivity index (χ0v) is 16.3. The molecule has 0 aliphatic heterocycles. The van der Waals surface area contributed by atoms with Gasteiger partial charge in [0.05, 0.1) is 16.7 Å². The van der Waals surface area contributed by atoms with Crippen molar-refractivity contribution in [2.75, 3.05) is 0 Å². The Morgan fingerprint density at radius 2 is 1.44 bits per heavy atom. The van der Waals surface area contributed by atoms with Crippen LogP contribution < -0.4 is 5.59 Å². The van der Waals surface area contributed by atoms with Crippen molar-refractivity contribution in [2.45, 2.75) is 38.9 Å². The lowest BCUT2D eigenvalue weighted by molar-refractivity contribution is -0.0893. The minimum Gasteiger partial charge on any atom is -0.425 e. The number of hydrogen-bond acceptors (Lipinski definition) is 3. The quantitative estimate of drug-likeness (QED) is 0.442. The molecule has 0 atom stereocenters. The van der Waals surface area contributed by atoms with Gasteiger partial charge in [0, 0.05) is 16.4 Å². The average Bonchev–Trinajstić information content (AvgIpc) is 2.64. The molecule has 0 aliphatic rings. The predicted molar refractivity (Wildman–Crippen MR) is 115 cm³/mol. The van der Waals surface area contributed by atoms with E-state index in [4.69, 9.17) is 9.64 Å². The van der Waals surface area contributed by atoms with Crippen LogP contribution in [-0.2, 0) is 4.65 Å². The van der Waals surface area contributed by atoms with Crippen LogP contribution in [0.4, 0.5) is 0 Å². The molecule has 0 saturated carbocycles. The van der Waals surface area contributed by atoms with Crippen molar-refractivity contribution in [3.05, 3.63) is 60.7 Å². The van der Waals surface area contributed by atoms with Crippen LogP contribution >= 0.6 is 0 Å². The molecule has 0 aliphatic carbocycles. The van der Waals surface area contributed by atoms with Crippen LogP contribution in [0.15, 0.2) is 60.7 Å². The normalized spacial score (nSPS) is 12.8. The van der Waals surface area contributed by atoms with E-state index in [0.29, 0.717) is 7.48 Å². The molecule has 136 valence electrons. The zero-order chi connectivity index (χ0) is 19.2. The Morgan fingerprint density at radius 3 is 2.19 bits per heavy atom. The Morgan fingerprint density at radius 1 is 0.815 bits per heavy atom. The first kappa shape index (κ1) is 18.0. The van der Waals surface area contributed by atoms with Gasteiger partial charge in [-0.1, -0.05) is 54.6 Å². The molecule has 0 amide bonds. The third-order valence-corrected chi connectivity index (χ3v) is 5.68. The highest BCUT2D eigenvalue weighted by Crippen LogP contribution is 2.30. The van der Waals surface area contributed by atoms with E-state index in [1.807, 2.05) is 19.9 Å². The minimum atomic E-state index is -0.938. The summed E-state index contributed by atoms with van der Waals surface area (Å²) in [6, 6.07) is 21.1. The molecule has 4 heteroatoms. The van der Waals surface area contributed by atoms with Crippen LogP contribution in [0, 0.1) is 0 Å². The van der Waals surface area contributed by atoms with Crippen LogP contribution in [0.25, 0.3) is 32.4 Å². The number of aliphatic hydroxyl groups is 1. The fourth-order valence-corrected chi connectivity index (χ4v) is 3.23. The van der Waals surface area contributed by atoms with Crippen molar-refractivity contribution in [3.8, 4) is 0 Å². The summed E-state index contributed by atoms with van der Waals surface area (Å²) < 4.78 is 6.02. The van der Waals surface area contributed by atoms with Gasteiger partial charge in [-0.05, 0) is 49.9 Å². The number of rotatable bonds is 4. The van der Waals surface area contributed by atoms with E-state index < -0.39 is 11.2 Å². The number of nitrogens with zero attached hydrogens (tertiary/aromatic N) is 1. The van der Waals surface area contributed by atoms with Crippen molar-refractivity contribution in [3.63, 3.8) is 0 Å². The highest BCUT2D eigenvalue weighted by atomic mass is 16.5. The summed E-state index contributed by atoms with van der Waals surface area (Å²) in [6.45, 7) is 7.33. The van der Waals surface area contributed by atoms with E-state index in [2.05, 4.69) is 54.6 Å². The number of benzene rings is 3. The Bertz CT molecular complexity index is 1140. The van der Waals surface area contributed by atoms with Gasteiger partial charge in [0.15, 0.2) is 0 Å². The van der Waals surface area contributed by atoms with Gasteiger partial charge in [-0.3, -0.25) is 4.98 Å². The molecular formula is C23H24BNO2. The first-order valence-corrected chi connectivity index (χ1v) is 9.33. The van der Waals surface area contributed by atoms with Crippen molar-refractivity contribution >= 4 is 45.5 Å². The molecule has 4 rings (SSSR count). The summed E-state index contributed by atoms with van der Waals surface area (Å²) >= 11 is 0. The highest BCUT2D eigenvalue weighted by molar-refractivity contribution is 6.46. The number of hydrogen-bond donors (Lipinski definition) is 1. The molecule has 4 aromatic rings. The zero-order valence-electron chi connectivity index (χ0n) is 16.3. The molecule has 0 fully saturated rings. The van der Waals surface area contributed by atoms with Crippen LogP contribution in [0.2, 0.25) is 0 Å². The lowest BCUT2D eigenvalue weighted by Crippen LogP contribution is -2.49. The fourth-order valence-electron chi connectivity index (χ4n) is 3.23. The van der Waals surface area contributed by atoms with Crippen molar-refractivity contribution in [1.82, 2.24) is 4.98 Å². The van der Waals surface area contributed by atoms with Crippen LogP contribution in [0.3, 0.4) is 0 Å². The van der Waals surface area contributed by atoms with Gasteiger partial charge >= 0.3 is 7.48 Å². The van der Waals surface area contributed by atoms with Gasteiger partial charge < -0.3 is 9.76 Å². The Balaban J connectivity index is 1.83. The second-order valence-electron chi connectivity index (χ2n) is 8.18. The number of fused-ring (bicyclic) bond motifs is 5. The first-order chi connectivity index (χ1) is 12.8. The molecule has 27 heavy (non-hydrogen) atoms. The van der Waals surface area contributed by atoms with Gasteiger partial charge in [-0.15, -0.1) is 0 Å². The third-order valence-electron chi connectivity index (χ3n) is 5.68. The van der Waals surface area contributed by atoms with Gasteiger partial charge in [0.1, 0.15) is 0 Å². The van der Waals surface area contributed by atoms with Crippen LogP contribution in [0.5, 0.6) is 0 Å². The van der Waals surface area contributed by atoms with Gasteiger partial charge in [-0.25, -0.2) is 0 Å². The lowest BCUT2D eigenvalue weighted by Gasteiger charge is -2.37. The molecule has 0 saturated heterocycles. The summed E-state index contributed by atoms with van der Waals surface area (Å²) in [5, 5.41) is 16.2. The summed E-state index contributed by atoms with van der Waals surface area (Å²) in [6.07, 6.45) is 0. The molecule has 0 bridgehead atoms. The molecule has 0 unspecified atom stereocenters. The van der Waals surface area contributed by atoms with E-state index >= 15 is 0 Å². The molecule has 3 aromatic carbocycles. The van der Waals surface area contributed by atoms with E-state index in [1.54, 1.807) is 13.8 Å². The van der Waals surface area contributed by atoms with Crippen molar-refractivity contribution < 1.29 is 9.76 Å². The molecular weight excluding hydrogens is 333 g/mol. The van der Waals surface area contributed by atoms with E-state index in [9.17, 15) is 5.11 Å². The largest absolute Gasteiger partial charge is 0.425 e. The van der Waals surface area contributed by atoms with Crippen molar-refractivity contribution in [2.24, 2.45) is 0 Å². The van der Waals surface area contributed by atoms with Gasteiger partial charge in [-0.2, -0.15) is 0 Å². The fraction of sp³-hybridized carbons (Fsp3) is 0.261. The van der Waals surface area contributed by atoms with Crippen molar-refractivity contribution in [1.29, 1.82) is 0 Å². The Labute approximate surface area is 160 Å². The standard InChI is InChI=1S/C23H24BNO2/c1-22(2,26)23(3,4)27-24-19-14-13-17-12-11-16-10-9-15-7-5-6-8-18(15)20(16)21(17)25-19/h5-14,24,26H,1-4H3. The molecule has 1 aromatic heterocycles. The molecule has 1 N–H and O–H groups in total. The SMILES string of the molecule is CC(C)(O)C(C)(C)OBc1ccc2ccc3ccc4ccccc4c3c2n1. The summed E-state index contributed by atoms with van der Waals surface area (Å²) in [5.74, 6) is 0. The monoisotopic (exact) mass is 357 g/mol. The Hall–Kier alpha value is -2.43. The van der Waals surface area contributed by atoms with E-state index in [0.717, 1.165) is 16.5 Å². The second-order valence-corrected chi connectivity index (χ2v) is 8.18. The van der Waals surface area contributed by atoms with E-state index in [1.165, 1.54) is 21.5 Å². The molecule has 3 nitrogen and oxygen atoms in total. The average molecular weight is 357 g/mol. The number of pyridine rings is 1. The van der Waals surface area contributed by atoms with Crippen LogP contribution in [-0.4, -0.2) is 28.8 Å². The molecule has 1 heterocycles. The second kappa shape index (κ2) is 6.33. The first-order valence-electron chi connectivity index (χ1n) is 9.33. The maximum atomic E-state index is 10.3. The van der Waals surface area contributed by atoms with Gasteiger partial charge in [0.2, 0.25) is 0 Å². The molecule has 0 spiro atoms. The minimum absolute atomic E-state index is 0.355. The molecule has 0 radical (unpaired) electrons. The van der Waals surface area contributed by atoms with Gasteiger partial charge in [0.25, 0.3) is 0 Å². The van der Waals surface area contributed by atoms with Crippen LogP contribution in [0.1, 0.15) is 27.7 Å². The lowest BCUT2D eigenvalue weighted by atomic mass is 9.85. The topological polar surface area (TPSA) is 42.4 Å².